The number of benzene rings is 2. The molecule has 0 bridgehead atoms. The molecule has 0 spiro atoms. The van der Waals surface area contributed by atoms with Gasteiger partial charge in [-0.25, -0.2) is 4.79 Å². The molecule has 37 heavy (non-hydrogen) atoms. The Bertz CT molecular complexity index is 1340. The van der Waals surface area contributed by atoms with E-state index in [0.29, 0.717) is 0 Å². The zero-order valence-electron chi connectivity index (χ0n) is 21.4. The van der Waals surface area contributed by atoms with E-state index in [2.05, 4.69) is 22.7 Å². The Labute approximate surface area is 217 Å². The highest BCUT2D eigenvalue weighted by Gasteiger charge is 2.31. The molecule has 2 aromatic carbocycles. The van der Waals surface area contributed by atoms with E-state index in [-0.39, 0.29) is 28.9 Å². The van der Waals surface area contributed by atoms with Gasteiger partial charge in [0.1, 0.15) is 17.3 Å². The first-order chi connectivity index (χ1) is 17.2. The molecule has 0 radical (unpaired) electrons. The Balaban J connectivity index is 0.000000449. The molecule has 7 nitrogen and oxygen atoms in total. The molecule has 0 aliphatic rings. The summed E-state index contributed by atoms with van der Waals surface area (Å²) in [6.07, 6.45) is -3.77. The SMILES string of the molecule is CCc1cccc(Cl)c1.Cc1c(/N=C(/Oc2cccc(OC(F)(F)F)c2)C(C)C)n(C)c(=O)n(C)c1=O. The van der Waals surface area contributed by atoms with Gasteiger partial charge in [0.15, 0.2) is 5.90 Å². The number of alkyl halides is 3. The molecule has 0 fully saturated rings. The molecule has 0 aliphatic carbocycles. The molecule has 0 atom stereocenters. The van der Waals surface area contributed by atoms with Crippen LogP contribution in [0, 0.1) is 12.8 Å². The minimum absolute atomic E-state index is 0.0701. The van der Waals surface area contributed by atoms with Crippen LogP contribution in [0.5, 0.6) is 11.5 Å². The molecule has 11 heteroatoms. The zero-order chi connectivity index (χ0) is 27.9. The number of aryl methyl sites for hydroxylation is 1. The van der Waals surface area contributed by atoms with Crippen LogP contribution in [0.2, 0.25) is 5.02 Å². The lowest BCUT2D eigenvalue weighted by Crippen LogP contribution is -2.38. The van der Waals surface area contributed by atoms with Crippen LogP contribution in [-0.2, 0) is 20.5 Å². The zero-order valence-corrected chi connectivity index (χ0v) is 22.1. The first-order valence-corrected chi connectivity index (χ1v) is 11.7. The Morgan fingerprint density at radius 3 is 2.19 bits per heavy atom. The van der Waals surface area contributed by atoms with Gasteiger partial charge < -0.3 is 9.47 Å². The maximum atomic E-state index is 12.4. The molecular weight excluding hydrogens is 511 g/mol. The summed E-state index contributed by atoms with van der Waals surface area (Å²) >= 11 is 5.72. The van der Waals surface area contributed by atoms with E-state index in [4.69, 9.17) is 16.3 Å². The van der Waals surface area contributed by atoms with Crippen LogP contribution in [-0.4, -0.2) is 21.4 Å². The Morgan fingerprint density at radius 1 is 1.03 bits per heavy atom. The highest BCUT2D eigenvalue weighted by Crippen LogP contribution is 2.27. The van der Waals surface area contributed by atoms with E-state index >= 15 is 0 Å². The van der Waals surface area contributed by atoms with Crippen molar-refractivity contribution < 1.29 is 22.6 Å². The minimum Gasteiger partial charge on any atom is -0.443 e. The van der Waals surface area contributed by atoms with Gasteiger partial charge in [-0.3, -0.25) is 13.9 Å². The van der Waals surface area contributed by atoms with Crippen molar-refractivity contribution in [1.82, 2.24) is 9.13 Å². The highest BCUT2D eigenvalue weighted by molar-refractivity contribution is 6.30. The van der Waals surface area contributed by atoms with Crippen LogP contribution in [0.25, 0.3) is 0 Å². The van der Waals surface area contributed by atoms with E-state index in [1.807, 2.05) is 18.2 Å². The third kappa shape index (κ3) is 8.52. The van der Waals surface area contributed by atoms with Gasteiger partial charge in [0.25, 0.3) is 5.56 Å². The monoisotopic (exact) mass is 539 g/mol. The van der Waals surface area contributed by atoms with Crippen LogP contribution in [0.4, 0.5) is 19.0 Å². The number of hydrogen-bond acceptors (Lipinski definition) is 5. The lowest BCUT2D eigenvalue weighted by atomic mass is 10.2. The van der Waals surface area contributed by atoms with Crippen molar-refractivity contribution in [1.29, 1.82) is 0 Å². The van der Waals surface area contributed by atoms with Gasteiger partial charge >= 0.3 is 12.1 Å². The molecule has 3 rings (SSSR count). The first kappa shape index (κ1) is 29.7. The van der Waals surface area contributed by atoms with Gasteiger partial charge in [-0.05, 0) is 43.2 Å². The van der Waals surface area contributed by atoms with Gasteiger partial charge in [0, 0.05) is 31.1 Å². The molecule has 0 saturated heterocycles. The van der Waals surface area contributed by atoms with Crippen molar-refractivity contribution in [3.8, 4) is 11.5 Å². The maximum absolute atomic E-state index is 12.4. The lowest BCUT2D eigenvalue weighted by molar-refractivity contribution is -0.274. The summed E-state index contributed by atoms with van der Waals surface area (Å²) in [7, 11) is 2.82. The smallest absolute Gasteiger partial charge is 0.443 e. The van der Waals surface area contributed by atoms with Gasteiger partial charge in [-0.15, -0.1) is 13.2 Å². The summed E-state index contributed by atoms with van der Waals surface area (Å²) in [6, 6.07) is 12.9. The molecule has 0 N–H and O–H groups in total. The third-order valence-corrected chi connectivity index (χ3v) is 5.36. The second-order valence-electron chi connectivity index (χ2n) is 8.37. The van der Waals surface area contributed by atoms with E-state index in [9.17, 15) is 22.8 Å². The maximum Gasteiger partial charge on any atom is 0.573 e. The standard InChI is InChI=1S/C18H20F3N3O4.C8H9Cl/c1-10(2)15(22-14-11(3)16(25)24(5)17(26)23(14)4)27-12-7-6-8-13(9-12)28-18(19,20)21;1-2-7-4-3-5-8(9)6-7/h6-10H,1-5H3;3-6H,2H2,1H3/b22-15+;. The summed E-state index contributed by atoms with van der Waals surface area (Å²) in [5, 5.41) is 0.828. The number of aliphatic imine (C=N–C) groups is 1. The number of halogens is 4. The van der Waals surface area contributed by atoms with Gasteiger partial charge in [0.2, 0.25) is 0 Å². The average Bonchev–Trinajstić information content (AvgIpc) is 2.83. The predicted octanol–water partition coefficient (Wildman–Crippen LogP) is 5.96. The summed E-state index contributed by atoms with van der Waals surface area (Å²) < 4.78 is 48.9. The predicted molar refractivity (Wildman–Crippen MR) is 138 cm³/mol. The quantitative estimate of drug-likeness (QED) is 0.296. The van der Waals surface area contributed by atoms with Crippen LogP contribution in [0.15, 0.2) is 63.1 Å². The van der Waals surface area contributed by atoms with Crippen LogP contribution in [0.3, 0.4) is 0 Å². The van der Waals surface area contributed by atoms with Crippen molar-refractivity contribution in [2.45, 2.75) is 40.5 Å². The lowest BCUT2D eigenvalue weighted by Gasteiger charge is -2.15. The van der Waals surface area contributed by atoms with Crippen molar-refractivity contribution in [3.05, 3.63) is 85.5 Å². The third-order valence-electron chi connectivity index (χ3n) is 5.12. The van der Waals surface area contributed by atoms with E-state index < -0.39 is 23.4 Å². The fourth-order valence-electron chi connectivity index (χ4n) is 3.15. The summed E-state index contributed by atoms with van der Waals surface area (Å²) in [6.45, 7) is 7.15. The molecule has 0 amide bonds. The van der Waals surface area contributed by atoms with Crippen LogP contribution in [0.1, 0.15) is 31.9 Å². The van der Waals surface area contributed by atoms with E-state index in [1.165, 1.54) is 43.3 Å². The number of rotatable bonds is 5. The molecular formula is C26H29ClF3N3O4. The molecule has 200 valence electrons. The second-order valence-corrected chi connectivity index (χ2v) is 8.80. The average molecular weight is 540 g/mol. The number of hydrogen-bond donors (Lipinski definition) is 0. The number of aromatic nitrogens is 2. The van der Waals surface area contributed by atoms with Crippen molar-refractivity contribution in [2.75, 3.05) is 0 Å². The molecule has 1 heterocycles. The normalized spacial score (nSPS) is 11.7. The van der Waals surface area contributed by atoms with Gasteiger partial charge in [-0.2, -0.15) is 4.99 Å². The Morgan fingerprint density at radius 2 is 1.65 bits per heavy atom. The van der Waals surface area contributed by atoms with Crippen LogP contribution >= 0.6 is 11.6 Å². The molecule has 1 aromatic heterocycles. The van der Waals surface area contributed by atoms with E-state index in [0.717, 1.165) is 28.1 Å². The Hall–Kier alpha value is -3.53. The van der Waals surface area contributed by atoms with Crippen LogP contribution < -0.4 is 20.7 Å². The van der Waals surface area contributed by atoms with E-state index in [1.54, 1.807) is 13.8 Å². The minimum atomic E-state index is -4.83. The highest BCUT2D eigenvalue weighted by atomic mass is 35.5. The number of nitrogens with zero attached hydrogens (tertiary/aromatic N) is 3. The second kappa shape index (κ2) is 12.6. The summed E-state index contributed by atoms with van der Waals surface area (Å²) in [5.74, 6) is -0.424. The largest absolute Gasteiger partial charge is 0.573 e. The molecule has 0 aliphatic heterocycles. The topological polar surface area (TPSA) is 74.8 Å². The number of ether oxygens (including phenoxy) is 2. The fraction of sp³-hybridized carbons (Fsp3) is 0.346. The van der Waals surface area contributed by atoms with Crippen molar-refractivity contribution >= 4 is 23.3 Å². The fourth-order valence-corrected chi connectivity index (χ4v) is 3.36. The van der Waals surface area contributed by atoms with Crippen molar-refractivity contribution in [3.63, 3.8) is 0 Å². The Kier molecular flexibility index (Phi) is 10.1. The summed E-state index contributed by atoms with van der Waals surface area (Å²) in [5.41, 5.74) is 0.478. The first-order valence-electron chi connectivity index (χ1n) is 11.4. The van der Waals surface area contributed by atoms with Gasteiger partial charge in [-0.1, -0.05) is 50.6 Å². The van der Waals surface area contributed by atoms with Gasteiger partial charge in [0.05, 0.1) is 5.56 Å². The molecule has 0 saturated carbocycles. The molecule has 3 aromatic rings. The molecule has 0 unspecified atom stereocenters. The summed E-state index contributed by atoms with van der Waals surface area (Å²) in [4.78, 5) is 28.6. The van der Waals surface area contributed by atoms with Crippen molar-refractivity contribution in [2.24, 2.45) is 25.0 Å².